The average molecular weight is 168 g/mol. The number of aromatic nitrogens is 3. The lowest BCUT2D eigenvalue weighted by molar-refractivity contribution is 0.512. The monoisotopic (exact) mass is 168 g/mol. The van der Waals surface area contributed by atoms with Crippen molar-refractivity contribution >= 4 is 0 Å². The van der Waals surface area contributed by atoms with E-state index in [1.807, 2.05) is 13.2 Å². The van der Waals surface area contributed by atoms with Crippen molar-refractivity contribution in [1.82, 2.24) is 15.0 Å². The fraction of sp³-hybridized carbons (Fsp3) is 0.750. The van der Waals surface area contributed by atoms with Crippen molar-refractivity contribution in [2.75, 3.05) is 6.54 Å². The summed E-state index contributed by atoms with van der Waals surface area (Å²) in [6, 6.07) is 0. The van der Waals surface area contributed by atoms with Crippen molar-refractivity contribution in [1.29, 1.82) is 0 Å². The first-order chi connectivity index (χ1) is 5.76. The summed E-state index contributed by atoms with van der Waals surface area (Å²) in [5.74, 6) is 0.543. The molecule has 0 saturated carbocycles. The maximum Gasteiger partial charge on any atom is 0.0830 e. The molecule has 2 N–H and O–H groups in total. The molecule has 1 atom stereocenters. The molecule has 0 aliphatic heterocycles. The van der Waals surface area contributed by atoms with Crippen molar-refractivity contribution in [2.45, 2.75) is 19.8 Å². The Balaban J connectivity index is 2.50. The SMILES string of the molecule is CCC(CN)Cc1cn(C)nn1. The van der Waals surface area contributed by atoms with E-state index in [4.69, 9.17) is 5.73 Å². The largest absolute Gasteiger partial charge is 0.330 e. The van der Waals surface area contributed by atoms with Crippen LogP contribution in [0, 0.1) is 5.92 Å². The Bertz CT molecular complexity index is 227. The summed E-state index contributed by atoms with van der Waals surface area (Å²) in [6.45, 7) is 2.88. The van der Waals surface area contributed by atoms with Crippen molar-refractivity contribution in [2.24, 2.45) is 18.7 Å². The lowest BCUT2D eigenvalue weighted by Gasteiger charge is -2.08. The normalized spacial score (nSPS) is 13.2. The van der Waals surface area contributed by atoms with Gasteiger partial charge in [0.2, 0.25) is 0 Å². The van der Waals surface area contributed by atoms with Gasteiger partial charge in [-0.25, -0.2) is 0 Å². The summed E-state index contributed by atoms with van der Waals surface area (Å²) >= 11 is 0. The van der Waals surface area contributed by atoms with Crippen LogP contribution in [0.5, 0.6) is 0 Å². The summed E-state index contributed by atoms with van der Waals surface area (Å²) in [4.78, 5) is 0. The first-order valence-corrected chi connectivity index (χ1v) is 4.31. The Hall–Kier alpha value is -0.900. The van der Waals surface area contributed by atoms with Gasteiger partial charge in [0.25, 0.3) is 0 Å². The fourth-order valence-electron chi connectivity index (χ4n) is 1.18. The quantitative estimate of drug-likeness (QED) is 0.705. The maximum absolute atomic E-state index is 5.58. The van der Waals surface area contributed by atoms with Crippen LogP contribution >= 0.6 is 0 Å². The minimum atomic E-state index is 0.543. The number of hydrogen-bond donors (Lipinski definition) is 1. The van der Waals surface area contributed by atoms with Gasteiger partial charge in [0.1, 0.15) is 0 Å². The van der Waals surface area contributed by atoms with E-state index >= 15 is 0 Å². The summed E-state index contributed by atoms with van der Waals surface area (Å²) < 4.78 is 1.72. The van der Waals surface area contributed by atoms with Gasteiger partial charge in [-0.3, -0.25) is 4.68 Å². The third kappa shape index (κ3) is 2.30. The molecular formula is C8H16N4. The number of hydrogen-bond acceptors (Lipinski definition) is 3. The van der Waals surface area contributed by atoms with E-state index in [1.54, 1.807) is 4.68 Å². The Morgan fingerprint density at radius 2 is 2.42 bits per heavy atom. The number of aryl methyl sites for hydroxylation is 1. The molecule has 68 valence electrons. The molecule has 12 heavy (non-hydrogen) atoms. The molecule has 0 saturated heterocycles. The van der Waals surface area contributed by atoms with Crippen LogP contribution in [0.25, 0.3) is 0 Å². The molecule has 1 aromatic rings. The van der Waals surface area contributed by atoms with Gasteiger partial charge in [-0.1, -0.05) is 18.6 Å². The molecule has 0 spiro atoms. The molecule has 4 nitrogen and oxygen atoms in total. The highest BCUT2D eigenvalue weighted by molar-refractivity contribution is 4.93. The van der Waals surface area contributed by atoms with Gasteiger partial charge in [-0.15, -0.1) is 5.10 Å². The highest BCUT2D eigenvalue weighted by Crippen LogP contribution is 2.07. The predicted molar refractivity (Wildman–Crippen MR) is 47.5 cm³/mol. The van der Waals surface area contributed by atoms with Crippen LogP contribution in [0.15, 0.2) is 6.20 Å². The topological polar surface area (TPSA) is 56.7 Å². The molecule has 0 aromatic carbocycles. The van der Waals surface area contributed by atoms with Gasteiger partial charge in [-0.05, 0) is 18.9 Å². The van der Waals surface area contributed by atoms with Crippen molar-refractivity contribution < 1.29 is 0 Å². The Labute approximate surface area is 72.8 Å². The van der Waals surface area contributed by atoms with Crippen LogP contribution in [0.2, 0.25) is 0 Å². The molecular weight excluding hydrogens is 152 g/mol. The van der Waals surface area contributed by atoms with Crippen molar-refractivity contribution in [3.8, 4) is 0 Å². The molecule has 0 fully saturated rings. The second-order valence-electron chi connectivity index (χ2n) is 3.10. The first kappa shape index (κ1) is 9.19. The predicted octanol–water partition coefficient (Wildman–Crippen LogP) is 0.342. The highest BCUT2D eigenvalue weighted by atomic mass is 15.4. The molecule has 4 heteroatoms. The van der Waals surface area contributed by atoms with Gasteiger partial charge in [-0.2, -0.15) is 0 Å². The summed E-state index contributed by atoms with van der Waals surface area (Å²) in [5.41, 5.74) is 6.62. The second-order valence-corrected chi connectivity index (χ2v) is 3.10. The van der Waals surface area contributed by atoms with Crippen LogP contribution in [-0.4, -0.2) is 21.5 Å². The zero-order valence-corrected chi connectivity index (χ0v) is 7.70. The van der Waals surface area contributed by atoms with E-state index in [0.29, 0.717) is 5.92 Å². The van der Waals surface area contributed by atoms with Gasteiger partial charge >= 0.3 is 0 Å². The molecule has 0 bridgehead atoms. The number of nitrogens with two attached hydrogens (primary N) is 1. The van der Waals surface area contributed by atoms with E-state index in [1.165, 1.54) is 0 Å². The number of nitrogens with zero attached hydrogens (tertiary/aromatic N) is 3. The fourth-order valence-corrected chi connectivity index (χ4v) is 1.18. The first-order valence-electron chi connectivity index (χ1n) is 4.31. The average Bonchev–Trinajstić information content (AvgIpc) is 2.47. The van der Waals surface area contributed by atoms with E-state index in [9.17, 15) is 0 Å². The molecule has 1 rings (SSSR count). The zero-order chi connectivity index (χ0) is 8.97. The lowest BCUT2D eigenvalue weighted by Crippen LogP contribution is -2.16. The Kier molecular flexibility index (Phi) is 3.22. The summed E-state index contributed by atoms with van der Waals surface area (Å²) in [5, 5.41) is 7.87. The van der Waals surface area contributed by atoms with Gasteiger partial charge in [0, 0.05) is 13.2 Å². The third-order valence-corrected chi connectivity index (χ3v) is 2.06. The lowest BCUT2D eigenvalue weighted by atomic mass is 10.0. The van der Waals surface area contributed by atoms with E-state index in [-0.39, 0.29) is 0 Å². The molecule has 1 unspecified atom stereocenters. The van der Waals surface area contributed by atoms with E-state index < -0.39 is 0 Å². The Morgan fingerprint density at radius 3 is 2.83 bits per heavy atom. The standard InChI is InChI=1S/C8H16N4/c1-3-7(5-9)4-8-6-12(2)11-10-8/h6-7H,3-5,9H2,1-2H3. The van der Waals surface area contributed by atoms with Crippen LogP contribution in [0.4, 0.5) is 0 Å². The van der Waals surface area contributed by atoms with Crippen LogP contribution < -0.4 is 5.73 Å². The minimum absolute atomic E-state index is 0.543. The molecule has 1 aromatic heterocycles. The zero-order valence-electron chi connectivity index (χ0n) is 7.70. The molecule has 1 heterocycles. The van der Waals surface area contributed by atoms with Crippen LogP contribution in [0.3, 0.4) is 0 Å². The summed E-state index contributed by atoms with van der Waals surface area (Å²) in [6.07, 6.45) is 3.99. The van der Waals surface area contributed by atoms with Crippen LogP contribution in [0.1, 0.15) is 19.0 Å². The number of rotatable bonds is 4. The van der Waals surface area contributed by atoms with Crippen molar-refractivity contribution in [3.63, 3.8) is 0 Å². The van der Waals surface area contributed by atoms with Crippen molar-refractivity contribution in [3.05, 3.63) is 11.9 Å². The van der Waals surface area contributed by atoms with Crippen LogP contribution in [-0.2, 0) is 13.5 Å². The van der Waals surface area contributed by atoms with Gasteiger partial charge in [0.05, 0.1) is 5.69 Å². The highest BCUT2D eigenvalue weighted by Gasteiger charge is 2.07. The molecule has 0 aliphatic rings. The molecule has 0 radical (unpaired) electrons. The molecule has 0 amide bonds. The van der Waals surface area contributed by atoms with E-state index in [0.717, 1.165) is 25.1 Å². The van der Waals surface area contributed by atoms with Gasteiger partial charge in [0.15, 0.2) is 0 Å². The molecule has 0 aliphatic carbocycles. The second kappa shape index (κ2) is 4.21. The van der Waals surface area contributed by atoms with E-state index in [2.05, 4.69) is 17.2 Å². The summed E-state index contributed by atoms with van der Waals surface area (Å²) in [7, 11) is 1.87. The Morgan fingerprint density at radius 1 is 1.67 bits per heavy atom. The third-order valence-electron chi connectivity index (χ3n) is 2.06. The minimum Gasteiger partial charge on any atom is -0.330 e. The maximum atomic E-state index is 5.58. The van der Waals surface area contributed by atoms with Gasteiger partial charge < -0.3 is 5.73 Å². The smallest absolute Gasteiger partial charge is 0.0830 e.